The Morgan fingerprint density at radius 1 is 1.00 bits per heavy atom. The van der Waals surface area contributed by atoms with E-state index in [4.69, 9.17) is 5.11 Å². The largest absolute Gasteiger partial charge is 0.476 e. The second-order valence-corrected chi connectivity index (χ2v) is 4.97. The zero-order valence-corrected chi connectivity index (χ0v) is 11.5. The Hall–Kier alpha value is -2.96. The molecule has 0 aliphatic carbocycles. The Kier molecular flexibility index (Phi) is 3.28. The van der Waals surface area contributed by atoms with E-state index in [0.29, 0.717) is 5.56 Å². The van der Waals surface area contributed by atoms with Crippen LogP contribution in [0.2, 0.25) is 0 Å². The molecule has 3 rings (SSSR count). The lowest BCUT2D eigenvalue weighted by molar-refractivity contribution is -0.136. The number of benzene rings is 2. The predicted molar refractivity (Wildman–Crippen MR) is 76.5 cm³/mol. The SMILES string of the molecule is O=C(O)c1cc2c(C(F)(F)F)cc(-c3ccccc3)cc2n1O. The van der Waals surface area contributed by atoms with Gasteiger partial charge in [-0.25, -0.2) is 4.79 Å². The van der Waals surface area contributed by atoms with Gasteiger partial charge in [-0.15, -0.1) is 0 Å². The monoisotopic (exact) mass is 321 g/mol. The number of carboxylic acid groups (broad SMARTS) is 1. The first-order valence-electron chi connectivity index (χ1n) is 6.53. The number of fused-ring (bicyclic) bond motifs is 1. The van der Waals surface area contributed by atoms with Crippen molar-refractivity contribution in [2.75, 3.05) is 0 Å². The van der Waals surface area contributed by atoms with Crippen LogP contribution in [0.4, 0.5) is 13.2 Å². The Balaban J connectivity index is 2.38. The quantitative estimate of drug-likeness (QED) is 0.693. The molecule has 0 spiro atoms. The fourth-order valence-corrected chi connectivity index (χ4v) is 2.48. The average molecular weight is 321 g/mol. The fourth-order valence-electron chi connectivity index (χ4n) is 2.48. The van der Waals surface area contributed by atoms with E-state index < -0.39 is 23.4 Å². The second-order valence-electron chi connectivity index (χ2n) is 4.97. The maximum absolute atomic E-state index is 13.3. The van der Waals surface area contributed by atoms with Crippen molar-refractivity contribution in [1.82, 2.24) is 4.73 Å². The normalized spacial score (nSPS) is 11.8. The van der Waals surface area contributed by atoms with Crippen LogP contribution in [0.15, 0.2) is 48.5 Å². The fraction of sp³-hybridized carbons (Fsp3) is 0.0625. The number of hydrogen-bond donors (Lipinski definition) is 2. The number of rotatable bonds is 2. The first kappa shape index (κ1) is 15.0. The Bertz CT molecular complexity index is 898. The molecule has 2 aromatic carbocycles. The summed E-state index contributed by atoms with van der Waals surface area (Å²) in [6.07, 6.45) is -4.68. The highest BCUT2D eigenvalue weighted by Gasteiger charge is 2.35. The Morgan fingerprint density at radius 2 is 1.65 bits per heavy atom. The Labute approximate surface area is 128 Å². The summed E-state index contributed by atoms with van der Waals surface area (Å²) in [7, 11) is 0. The number of carboxylic acids is 1. The van der Waals surface area contributed by atoms with Crippen molar-refractivity contribution in [3.63, 3.8) is 0 Å². The van der Waals surface area contributed by atoms with Gasteiger partial charge in [0.15, 0.2) is 5.69 Å². The second kappa shape index (κ2) is 5.05. The number of aromatic nitrogens is 1. The maximum atomic E-state index is 13.3. The van der Waals surface area contributed by atoms with E-state index in [0.717, 1.165) is 12.1 Å². The van der Waals surface area contributed by atoms with Crippen molar-refractivity contribution < 1.29 is 28.3 Å². The number of aromatic carboxylic acids is 1. The molecule has 0 fully saturated rings. The minimum Gasteiger partial charge on any atom is -0.476 e. The van der Waals surface area contributed by atoms with Gasteiger partial charge in [0.2, 0.25) is 0 Å². The van der Waals surface area contributed by atoms with Crippen LogP contribution in [0, 0.1) is 0 Å². The molecule has 23 heavy (non-hydrogen) atoms. The van der Waals surface area contributed by atoms with Crippen molar-refractivity contribution in [2.45, 2.75) is 6.18 Å². The van der Waals surface area contributed by atoms with Gasteiger partial charge in [-0.2, -0.15) is 17.9 Å². The van der Waals surface area contributed by atoms with Crippen LogP contribution < -0.4 is 0 Å². The van der Waals surface area contributed by atoms with Gasteiger partial charge in [0.05, 0.1) is 11.1 Å². The molecule has 0 radical (unpaired) electrons. The van der Waals surface area contributed by atoms with Gasteiger partial charge >= 0.3 is 12.1 Å². The zero-order chi connectivity index (χ0) is 16.8. The van der Waals surface area contributed by atoms with Gasteiger partial charge in [-0.1, -0.05) is 30.3 Å². The molecule has 0 saturated heterocycles. The third-order valence-electron chi connectivity index (χ3n) is 3.53. The number of hydrogen-bond acceptors (Lipinski definition) is 2. The van der Waals surface area contributed by atoms with Crippen LogP contribution in [0.25, 0.3) is 22.0 Å². The lowest BCUT2D eigenvalue weighted by atomic mass is 10.00. The molecular formula is C16H10F3NO3. The van der Waals surface area contributed by atoms with Crippen molar-refractivity contribution in [3.05, 3.63) is 59.8 Å². The molecule has 0 saturated carbocycles. The molecule has 0 atom stereocenters. The summed E-state index contributed by atoms with van der Waals surface area (Å²) in [6.45, 7) is 0. The topological polar surface area (TPSA) is 62.5 Å². The molecule has 0 unspecified atom stereocenters. The van der Waals surface area contributed by atoms with E-state index in [-0.39, 0.29) is 21.2 Å². The minimum atomic E-state index is -4.68. The first-order valence-corrected chi connectivity index (χ1v) is 6.53. The van der Waals surface area contributed by atoms with E-state index in [9.17, 15) is 23.2 Å². The summed E-state index contributed by atoms with van der Waals surface area (Å²) in [4.78, 5) is 11.0. The summed E-state index contributed by atoms with van der Waals surface area (Å²) in [5.74, 6) is -1.52. The highest BCUT2D eigenvalue weighted by Crippen LogP contribution is 2.39. The van der Waals surface area contributed by atoms with Gasteiger partial charge in [0.1, 0.15) is 0 Å². The Morgan fingerprint density at radius 3 is 2.22 bits per heavy atom. The summed E-state index contributed by atoms with van der Waals surface area (Å²) >= 11 is 0. The molecule has 7 heteroatoms. The summed E-state index contributed by atoms with van der Waals surface area (Å²) in [6, 6.07) is 11.4. The summed E-state index contributed by atoms with van der Waals surface area (Å²) in [5, 5.41) is 18.5. The number of carbonyl (C=O) groups is 1. The minimum absolute atomic E-state index is 0.212. The predicted octanol–water partition coefficient (Wildman–Crippen LogP) is 4.26. The summed E-state index contributed by atoms with van der Waals surface area (Å²) in [5.41, 5.74) is -1.08. The van der Waals surface area contributed by atoms with E-state index in [1.807, 2.05) is 0 Å². The lowest BCUT2D eigenvalue weighted by Gasteiger charge is -2.11. The van der Waals surface area contributed by atoms with Gasteiger partial charge < -0.3 is 10.3 Å². The molecule has 0 aliphatic heterocycles. The molecule has 1 aromatic heterocycles. The van der Waals surface area contributed by atoms with E-state index >= 15 is 0 Å². The van der Waals surface area contributed by atoms with E-state index in [1.165, 1.54) is 6.07 Å². The maximum Gasteiger partial charge on any atom is 0.417 e. The van der Waals surface area contributed by atoms with Crippen LogP contribution in [-0.2, 0) is 6.18 Å². The van der Waals surface area contributed by atoms with Crippen molar-refractivity contribution >= 4 is 16.9 Å². The average Bonchev–Trinajstić information content (AvgIpc) is 2.84. The number of nitrogens with zero attached hydrogens (tertiary/aromatic N) is 1. The number of alkyl halides is 3. The smallest absolute Gasteiger partial charge is 0.417 e. The van der Waals surface area contributed by atoms with Gasteiger partial charge in [-0.05, 0) is 29.3 Å². The third kappa shape index (κ3) is 2.50. The molecule has 4 nitrogen and oxygen atoms in total. The van der Waals surface area contributed by atoms with Crippen molar-refractivity contribution in [3.8, 4) is 11.1 Å². The molecule has 0 bridgehead atoms. The number of halogens is 3. The molecule has 0 amide bonds. The first-order chi connectivity index (χ1) is 10.8. The van der Waals surface area contributed by atoms with Gasteiger partial charge in [0.25, 0.3) is 0 Å². The van der Waals surface area contributed by atoms with Gasteiger partial charge in [-0.3, -0.25) is 0 Å². The lowest BCUT2D eigenvalue weighted by Crippen LogP contribution is -2.06. The molecule has 0 aliphatic rings. The van der Waals surface area contributed by atoms with Crippen LogP contribution in [0.1, 0.15) is 16.1 Å². The van der Waals surface area contributed by atoms with Gasteiger partial charge in [0, 0.05) is 5.39 Å². The van der Waals surface area contributed by atoms with Crippen LogP contribution in [-0.4, -0.2) is 21.0 Å². The van der Waals surface area contributed by atoms with Crippen LogP contribution in [0.3, 0.4) is 0 Å². The molecule has 3 aromatic rings. The standard InChI is InChI=1S/C16H10F3NO3/c17-16(18,19)12-6-10(9-4-2-1-3-5-9)7-13-11(12)8-14(15(21)22)20(13)23/h1-8,23H,(H,21,22). The van der Waals surface area contributed by atoms with E-state index in [1.54, 1.807) is 30.3 Å². The van der Waals surface area contributed by atoms with Crippen LogP contribution >= 0.6 is 0 Å². The zero-order valence-electron chi connectivity index (χ0n) is 11.5. The van der Waals surface area contributed by atoms with E-state index in [2.05, 4.69) is 0 Å². The van der Waals surface area contributed by atoms with Crippen LogP contribution in [0.5, 0.6) is 0 Å². The molecular weight excluding hydrogens is 311 g/mol. The molecule has 1 heterocycles. The summed E-state index contributed by atoms with van der Waals surface area (Å²) < 4.78 is 40.2. The highest BCUT2D eigenvalue weighted by atomic mass is 19.4. The van der Waals surface area contributed by atoms with Crippen molar-refractivity contribution in [2.24, 2.45) is 0 Å². The highest BCUT2D eigenvalue weighted by molar-refractivity contribution is 5.97. The molecule has 2 N–H and O–H groups in total. The van der Waals surface area contributed by atoms with Crippen molar-refractivity contribution in [1.29, 1.82) is 0 Å². The molecule has 118 valence electrons. The third-order valence-corrected chi connectivity index (χ3v) is 3.53.